The Hall–Kier alpha value is -1.87. The molecule has 1 aromatic heterocycles. The van der Waals surface area contributed by atoms with Crippen LogP contribution >= 0.6 is 34.5 Å². The average Bonchev–Trinajstić information content (AvgIpc) is 3.01. The van der Waals surface area contributed by atoms with E-state index in [-0.39, 0.29) is 4.90 Å². The Morgan fingerprint density at radius 3 is 2.56 bits per heavy atom. The van der Waals surface area contributed by atoms with E-state index in [9.17, 15) is 13.2 Å². The van der Waals surface area contributed by atoms with Crippen molar-refractivity contribution in [2.24, 2.45) is 0 Å². The molecule has 2 aromatic carbocycles. The number of fused-ring (bicyclic) bond motifs is 1. The number of aromatic nitrogens is 1. The lowest BCUT2D eigenvalue weighted by Gasteiger charge is -2.06. The van der Waals surface area contributed by atoms with E-state index in [1.807, 2.05) is 0 Å². The van der Waals surface area contributed by atoms with Gasteiger partial charge in [0.2, 0.25) is 5.13 Å². The summed E-state index contributed by atoms with van der Waals surface area (Å²) in [5, 5.41) is 1.06. The van der Waals surface area contributed by atoms with Gasteiger partial charge in [-0.1, -0.05) is 52.7 Å². The van der Waals surface area contributed by atoms with Gasteiger partial charge >= 0.3 is 0 Å². The summed E-state index contributed by atoms with van der Waals surface area (Å²) in [5.74, 6) is -1.38. The lowest BCUT2D eigenvalue weighted by atomic mass is 10.3. The fourth-order valence-electron chi connectivity index (χ4n) is 2.03. The standard InChI is InChI=1S/C15H11Cl2N3O3S2/c16-10-6-7-11-14(13(10)17)18-15(24-11)20-19-12(21)8-25(22,23)9-4-2-1-3-5-9/h1-7H,8H2,(H,18,20)(H,19,21). The highest BCUT2D eigenvalue weighted by atomic mass is 35.5. The number of amides is 1. The molecule has 2 N–H and O–H groups in total. The summed E-state index contributed by atoms with van der Waals surface area (Å²) in [5.41, 5.74) is 5.43. The van der Waals surface area contributed by atoms with E-state index in [0.29, 0.717) is 20.7 Å². The maximum Gasteiger partial charge on any atom is 0.253 e. The smallest absolute Gasteiger partial charge is 0.253 e. The molecule has 25 heavy (non-hydrogen) atoms. The molecule has 0 saturated carbocycles. The first-order valence-electron chi connectivity index (χ1n) is 6.94. The first-order valence-corrected chi connectivity index (χ1v) is 10.2. The number of hydrazine groups is 1. The number of carbonyl (C=O) groups excluding carboxylic acids is 1. The first kappa shape index (κ1) is 17.9. The molecule has 0 aliphatic heterocycles. The second-order valence-corrected chi connectivity index (χ2v) is 8.78. The van der Waals surface area contributed by atoms with Crippen molar-refractivity contribution >= 4 is 65.6 Å². The normalized spacial score (nSPS) is 11.4. The molecule has 0 atom stereocenters. The molecule has 0 saturated heterocycles. The summed E-state index contributed by atoms with van der Waals surface area (Å²) in [6.45, 7) is 0. The second kappa shape index (κ2) is 7.17. The predicted octanol–water partition coefficient (Wildman–Crippen LogP) is 3.52. The van der Waals surface area contributed by atoms with Crippen LogP contribution in [0.4, 0.5) is 5.13 Å². The summed E-state index contributed by atoms with van der Waals surface area (Å²) in [7, 11) is -3.71. The summed E-state index contributed by atoms with van der Waals surface area (Å²) in [6, 6.07) is 11.2. The van der Waals surface area contributed by atoms with Gasteiger partial charge < -0.3 is 0 Å². The van der Waals surface area contributed by atoms with Crippen LogP contribution in [0.15, 0.2) is 47.4 Å². The SMILES string of the molecule is O=C(CS(=O)(=O)c1ccccc1)NNc1nc2c(Cl)c(Cl)ccc2s1. The van der Waals surface area contributed by atoms with Crippen molar-refractivity contribution in [1.29, 1.82) is 0 Å². The topological polar surface area (TPSA) is 88.2 Å². The highest BCUT2D eigenvalue weighted by molar-refractivity contribution is 7.92. The van der Waals surface area contributed by atoms with Crippen molar-refractivity contribution in [3.63, 3.8) is 0 Å². The summed E-state index contributed by atoms with van der Waals surface area (Å²) in [4.78, 5) is 16.2. The minimum Gasteiger partial charge on any atom is -0.273 e. The van der Waals surface area contributed by atoms with Crippen molar-refractivity contribution < 1.29 is 13.2 Å². The van der Waals surface area contributed by atoms with Crippen LogP contribution in [-0.2, 0) is 14.6 Å². The van der Waals surface area contributed by atoms with Crippen molar-refractivity contribution in [2.45, 2.75) is 4.90 Å². The molecule has 0 fully saturated rings. The van der Waals surface area contributed by atoms with E-state index < -0.39 is 21.5 Å². The van der Waals surface area contributed by atoms with Gasteiger partial charge in [0.25, 0.3) is 5.91 Å². The number of hydrogen-bond donors (Lipinski definition) is 2. The van der Waals surface area contributed by atoms with Gasteiger partial charge in [0.1, 0.15) is 11.3 Å². The molecule has 6 nitrogen and oxygen atoms in total. The highest BCUT2D eigenvalue weighted by Crippen LogP contribution is 2.34. The van der Waals surface area contributed by atoms with Crippen molar-refractivity contribution in [3.8, 4) is 0 Å². The van der Waals surface area contributed by atoms with Crippen molar-refractivity contribution in [2.75, 3.05) is 11.2 Å². The van der Waals surface area contributed by atoms with E-state index in [1.54, 1.807) is 30.3 Å². The molecule has 1 amide bonds. The van der Waals surface area contributed by atoms with Gasteiger partial charge in [0.05, 0.1) is 19.6 Å². The zero-order chi connectivity index (χ0) is 18.0. The fourth-order valence-corrected chi connectivity index (χ4v) is 4.43. The third-order valence-corrected chi connectivity index (χ3v) is 6.55. The maximum absolute atomic E-state index is 12.1. The van der Waals surface area contributed by atoms with Crippen LogP contribution in [0.2, 0.25) is 10.0 Å². The zero-order valence-corrected chi connectivity index (χ0v) is 15.6. The molecule has 0 aliphatic rings. The minimum atomic E-state index is -3.71. The van der Waals surface area contributed by atoms with E-state index >= 15 is 0 Å². The van der Waals surface area contributed by atoms with Gasteiger partial charge in [-0.3, -0.25) is 15.6 Å². The van der Waals surface area contributed by atoms with Crippen molar-refractivity contribution in [1.82, 2.24) is 10.4 Å². The molecule has 0 bridgehead atoms. The van der Waals surface area contributed by atoms with Crippen LogP contribution in [0.25, 0.3) is 10.2 Å². The lowest BCUT2D eigenvalue weighted by molar-refractivity contribution is -0.118. The third kappa shape index (κ3) is 4.04. The van der Waals surface area contributed by atoms with Gasteiger partial charge in [0, 0.05) is 0 Å². The maximum atomic E-state index is 12.1. The lowest BCUT2D eigenvalue weighted by Crippen LogP contribution is -2.34. The Balaban J connectivity index is 1.68. The molecule has 130 valence electrons. The van der Waals surface area contributed by atoms with E-state index in [4.69, 9.17) is 23.2 Å². The van der Waals surface area contributed by atoms with Gasteiger partial charge in [-0.15, -0.1) is 0 Å². The van der Waals surface area contributed by atoms with Gasteiger partial charge in [-0.2, -0.15) is 0 Å². The first-order chi connectivity index (χ1) is 11.9. The average molecular weight is 416 g/mol. The number of carbonyl (C=O) groups is 1. The molecular weight excluding hydrogens is 405 g/mol. The molecule has 0 unspecified atom stereocenters. The number of anilines is 1. The predicted molar refractivity (Wildman–Crippen MR) is 99.9 cm³/mol. The Morgan fingerprint density at radius 2 is 1.84 bits per heavy atom. The molecule has 3 aromatic rings. The van der Waals surface area contributed by atoms with Crippen LogP contribution in [0, 0.1) is 0 Å². The fraction of sp³-hybridized carbons (Fsp3) is 0.0667. The molecule has 1 heterocycles. The number of benzene rings is 2. The van der Waals surface area contributed by atoms with Crippen LogP contribution in [0.5, 0.6) is 0 Å². The van der Waals surface area contributed by atoms with Crippen molar-refractivity contribution in [3.05, 3.63) is 52.5 Å². The molecule has 0 radical (unpaired) electrons. The number of hydrogen-bond acceptors (Lipinski definition) is 6. The molecule has 10 heteroatoms. The number of nitrogens with one attached hydrogen (secondary N) is 2. The number of thiazole rings is 1. The van der Waals surface area contributed by atoms with Gasteiger partial charge in [-0.25, -0.2) is 13.4 Å². The Morgan fingerprint density at radius 1 is 1.12 bits per heavy atom. The van der Waals surface area contributed by atoms with Gasteiger partial charge in [-0.05, 0) is 24.3 Å². The summed E-state index contributed by atoms with van der Waals surface area (Å²) < 4.78 is 25.1. The van der Waals surface area contributed by atoms with Gasteiger partial charge in [0.15, 0.2) is 9.84 Å². The second-order valence-electron chi connectivity index (χ2n) is 4.97. The third-order valence-electron chi connectivity index (χ3n) is 3.18. The zero-order valence-electron chi connectivity index (χ0n) is 12.5. The summed E-state index contributed by atoms with van der Waals surface area (Å²) in [6.07, 6.45) is 0. The Labute approximate surface area is 157 Å². The van der Waals surface area contributed by atoms with E-state index in [1.165, 1.54) is 23.5 Å². The highest BCUT2D eigenvalue weighted by Gasteiger charge is 2.19. The Kier molecular flexibility index (Phi) is 5.14. The number of nitrogens with zero attached hydrogens (tertiary/aromatic N) is 1. The van der Waals surface area contributed by atoms with E-state index in [2.05, 4.69) is 15.8 Å². The number of sulfone groups is 1. The molecule has 3 rings (SSSR count). The number of halogens is 2. The van der Waals surface area contributed by atoms with Crippen LogP contribution < -0.4 is 10.9 Å². The molecular formula is C15H11Cl2N3O3S2. The Bertz CT molecular complexity index is 1040. The minimum absolute atomic E-state index is 0.0894. The van der Waals surface area contributed by atoms with Crippen LogP contribution in [0.1, 0.15) is 0 Å². The van der Waals surface area contributed by atoms with E-state index in [0.717, 1.165) is 4.70 Å². The summed E-state index contributed by atoms with van der Waals surface area (Å²) >= 11 is 13.3. The monoisotopic (exact) mass is 415 g/mol. The van der Waals surface area contributed by atoms with Crippen LogP contribution in [-0.4, -0.2) is 25.1 Å². The molecule has 0 spiro atoms. The quantitative estimate of drug-likeness (QED) is 0.622. The largest absolute Gasteiger partial charge is 0.273 e. The number of rotatable bonds is 5. The molecule has 0 aliphatic carbocycles. The van der Waals surface area contributed by atoms with Crippen LogP contribution in [0.3, 0.4) is 0 Å².